The summed E-state index contributed by atoms with van der Waals surface area (Å²) < 4.78 is 5.89. The molecule has 0 rings (SSSR count). The molecule has 0 aromatic carbocycles. The van der Waals surface area contributed by atoms with E-state index >= 15 is 0 Å². The number of nitrogens with one attached hydrogen (secondary N) is 2. The normalized spacial score (nSPS) is 13.5. The number of rotatable bonds is 36. The van der Waals surface area contributed by atoms with E-state index in [-0.39, 0.29) is 30.9 Å². The van der Waals surface area contributed by atoms with Crippen LogP contribution >= 0.6 is 0 Å². The van der Waals surface area contributed by atoms with Gasteiger partial charge in [-0.1, -0.05) is 137 Å². The molecule has 0 aliphatic heterocycles. The number of hydrogen-bond donors (Lipinski definition) is 4. The van der Waals surface area contributed by atoms with E-state index in [1.807, 2.05) is 6.08 Å². The maximum absolute atomic E-state index is 12.7. The second-order valence-corrected chi connectivity index (χ2v) is 13.7. The van der Waals surface area contributed by atoms with Gasteiger partial charge in [0.2, 0.25) is 11.8 Å². The van der Waals surface area contributed by atoms with Crippen molar-refractivity contribution in [1.29, 1.82) is 0 Å². The Labute approximate surface area is 338 Å². The first-order valence-corrected chi connectivity index (χ1v) is 21.1. The number of amides is 2. The monoisotopic (exact) mass is 779 g/mol. The molecule has 0 spiro atoms. The van der Waals surface area contributed by atoms with E-state index in [1.54, 1.807) is 0 Å². The van der Waals surface area contributed by atoms with Crippen LogP contribution in [-0.2, 0) is 23.9 Å². The Morgan fingerprint density at radius 3 is 1.55 bits per heavy atom. The summed E-state index contributed by atoms with van der Waals surface area (Å²) in [7, 11) is 0. The molecule has 0 aromatic rings. The van der Waals surface area contributed by atoms with Crippen LogP contribution < -0.4 is 10.6 Å². The molecule has 314 valence electrons. The quantitative estimate of drug-likeness (QED) is 0.0282. The van der Waals surface area contributed by atoms with Crippen LogP contribution in [0.4, 0.5) is 0 Å². The van der Waals surface area contributed by atoms with Crippen molar-refractivity contribution in [1.82, 2.24) is 10.6 Å². The minimum Gasteiger partial charge on any atom is -0.480 e. The molecule has 0 aromatic heterocycles. The number of ether oxygens (including phenoxy) is 1. The molecule has 0 aliphatic carbocycles. The summed E-state index contributed by atoms with van der Waals surface area (Å²) in [5.74, 6) is -2.41. The zero-order chi connectivity index (χ0) is 41.2. The van der Waals surface area contributed by atoms with Crippen molar-refractivity contribution in [3.63, 3.8) is 0 Å². The number of carbonyl (C=O) groups excluding carboxylic acids is 3. The van der Waals surface area contributed by atoms with Gasteiger partial charge in [0.1, 0.15) is 12.1 Å². The summed E-state index contributed by atoms with van der Waals surface area (Å²) >= 11 is 0. The highest BCUT2D eigenvalue weighted by Crippen LogP contribution is 2.14. The lowest BCUT2D eigenvalue weighted by Gasteiger charge is -2.14. The van der Waals surface area contributed by atoms with Crippen LogP contribution in [-0.4, -0.2) is 59.3 Å². The Kier molecular flexibility index (Phi) is 37.4. The van der Waals surface area contributed by atoms with Crippen LogP contribution in [0.3, 0.4) is 0 Å². The zero-order valence-corrected chi connectivity index (χ0v) is 34.6. The molecule has 0 saturated heterocycles. The molecule has 0 heterocycles. The number of carboxylic acid groups (broad SMARTS) is 1. The Bertz CT molecular complexity index is 1260. The third-order valence-electron chi connectivity index (χ3n) is 8.56. The number of carboxylic acids is 1. The van der Waals surface area contributed by atoms with Gasteiger partial charge in [-0.05, 0) is 96.0 Å². The number of hydrogen-bond acceptors (Lipinski definition) is 6. The first kappa shape index (κ1) is 51.8. The van der Waals surface area contributed by atoms with Crippen molar-refractivity contribution in [2.75, 3.05) is 13.2 Å². The minimum absolute atomic E-state index is 0.138. The largest absolute Gasteiger partial charge is 0.480 e. The fourth-order valence-corrected chi connectivity index (χ4v) is 5.38. The molecule has 9 nitrogen and oxygen atoms in total. The summed E-state index contributed by atoms with van der Waals surface area (Å²) in [6.07, 6.45) is 53.2. The van der Waals surface area contributed by atoms with E-state index in [0.717, 1.165) is 116 Å². The molecule has 0 saturated carbocycles. The molecular formula is C47H74N2O7. The number of aliphatic hydroxyl groups excluding tert-OH is 1. The summed E-state index contributed by atoms with van der Waals surface area (Å²) in [5, 5.41) is 22.5. The second kappa shape index (κ2) is 40.4. The number of esters is 1. The first-order chi connectivity index (χ1) is 27.3. The van der Waals surface area contributed by atoms with E-state index in [0.29, 0.717) is 12.8 Å². The van der Waals surface area contributed by atoms with Crippen LogP contribution in [0.2, 0.25) is 0 Å². The lowest BCUT2D eigenvalue weighted by atomic mass is 10.1. The van der Waals surface area contributed by atoms with E-state index in [1.165, 1.54) is 0 Å². The highest BCUT2D eigenvalue weighted by molar-refractivity contribution is 5.87. The van der Waals surface area contributed by atoms with Gasteiger partial charge in [-0.15, -0.1) is 0 Å². The van der Waals surface area contributed by atoms with Gasteiger partial charge in [-0.3, -0.25) is 14.4 Å². The SMILES string of the molecule is CC/C=C\C/C=C\C/C=C\C/C=C\C/C=C\CCCCCC(=O)OC(/C=C\C/C=C\C/C=C\CC)CCCCCCCCC(=O)NCC(=O)NC(CO)C(=O)O. The first-order valence-electron chi connectivity index (χ1n) is 21.1. The van der Waals surface area contributed by atoms with Crippen LogP contribution in [0.1, 0.15) is 149 Å². The lowest BCUT2D eigenvalue weighted by molar-refractivity contribution is -0.147. The van der Waals surface area contributed by atoms with Gasteiger partial charge in [-0.25, -0.2) is 4.79 Å². The molecule has 0 aliphatic rings. The molecule has 0 radical (unpaired) electrons. The van der Waals surface area contributed by atoms with Crippen molar-refractivity contribution in [3.8, 4) is 0 Å². The van der Waals surface area contributed by atoms with E-state index in [9.17, 15) is 19.2 Å². The minimum atomic E-state index is -1.39. The maximum atomic E-state index is 12.7. The van der Waals surface area contributed by atoms with Crippen LogP contribution in [0.5, 0.6) is 0 Å². The topological polar surface area (TPSA) is 142 Å². The summed E-state index contributed by atoms with van der Waals surface area (Å²) in [6.45, 7) is 3.21. The van der Waals surface area contributed by atoms with Crippen molar-refractivity contribution in [2.45, 2.75) is 161 Å². The average Bonchev–Trinajstić information content (AvgIpc) is 3.18. The Morgan fingerprint density at radius 2 is 1.02 bits per heavy atom. The van der Waals surface area contributed by atoms with E-state index in [4.69, 9.17) is 14.9 Å². The predicted molar refractivity (Wildman–Crippen MR) is 231 cm³/mol. The molecular weight excluding hydrogens is 705 g/mol. The third-order valence-corrected chi connectivity index (χ3v) is 8.56. The molecule has 0 bridgehead atoms. The Hall–Kier alpha value is -4.24. The number of aliphatic hydroxyl groups is 1. The standard InChI is InChI=1S/C47H74N2O7/c1-3-5-7-9-11-13-14-15-16-17-18-19-20-21-22-23-25-31-35-39-46(53)56-42(36-32-28-24-12-10-8-6-4-2)37-33-29-26-27-30-34-38-44(51)48-40-45(52)49-43(41-50)47(54)55/h5-8,11-13,15-16,18-19,21-22,24,32,36,42-43,50H,3-4,9-10,14,17,20,23,25-31,33-35,37-41H2,1-2H3,(H,48,51)(H,49,52)(H,54,55)/b7-5-,8-6-,13-11-,16-15-,19-18-,22-21-,24-12-,36-32-. The average molecular weight is 779 g/mol. The van der Waals surface area contributed by atoms with Gasteiger partial charge in [0.15, 0.2) is 0 Å². The van der Waals surface area contributed by atoms with E-state index < -0.39 is 24.5 Å². The maximum Gasteiger partial charge on any atom is 0.328 e. The molecule has 0 fully saturated rings. The van der Waals surface area contributed by atoms with Crippen molar-refractivity contribution >= 4 is 23.8 Å². The third kappa shape index (κ3) is 36.7. The predicted octanol–water partition coefficient (Wildman–Crippen LogP) is 10.3. The Morgan fingerprint density at radius 1 is 0.554 bits per heavy atom. The van der Waals surface area contributed by atoms with Gasteiger partial charge in [0.05, 0.1) is 13.2 Å². The van der Waals surface area contributed by atoms with Gasteiger partial charge in [0, 0.05) is 12.8 Å². The lowest BCUT2D eigenvalue weighted by Crippen LogP contribution is -2.47. The summed E-state index contributed by atoms with van der Waals surface area (Å²) in [4.78, 5) is 47.4. The highest BCUT2D eigenvalue weighted by atomic mass is 16.5. The molecule has 2 amide bonds. The molecule has 4 N–H and O–H groups in total. The van der Waals surface area contributed by atoms with E-state index in [2.05, 4.69) is 116 Å². The number of allylic oxidation sites excluding steroid dienone is 15. The van der Waals surface area contributed by atoms with Crippen LogP contribution in [0, 0.1) is 0 Å². The molecule has 9 heteroatoms. The Balaban J connectivity index is 4.34. The van der Waals surface area contributed by atoms with Gasteiger partial charge < -0.3 is 25.6 Å². The molecule has 2 atom stereocenters. The van der Waals surface area contributed by atoms with Crippen molar-refractivity contribution < 1.29 is 34.1 Å². The van der Waals surface area contributed by atoms with Gasteiger partial charge in [0.25, 0.3) is 0 Å². The second-order valence-electron chi connectivity index (χ2n) is 13.7. The smallest absolute Gasteiger partial charge is 0.328 e. The summed E-state index contributed by atoms with van der Waals surface area (Å²) in [5.41, 5.74) is 0. The fourth-order valence-electron chi connectivity index (χ4n) is 5.38. The van der Waals surface area contributed by atoms with Crippen molar-refractivity contribution in [3.05, 3.63) is 97.2 Å². The summed E-state index contributed by atoms with van der Waals surface area (Å²) in [6, 6.07) is -1.39. The molecule has 2 unspecified atom stereocenters. The molecule has 56 heavy (non-hydrogen) atoms. The van der Waals surface area contributed by atoms with Gasteiger partial charge >= 0.3 is 11.9 Å². The van der Waals surface area contributed by atoms with Crippen LogP contribution in [0.25, 0.3) is 0 Å². The van der Waals surface area contributed by atoms with Crippen LogP contribution in [0.15, 0.2) is 97.2 Å². The number of carbonyl (C=O) groups is 4. The van der Waals surface area contributed by atoms with Gasteiger partial charge in [-0.2, -0.15) is 0 Å². The highest BCUT2D eigenvalue weighted by Gasteiger charge is 2.18. The number of unbranched alkanes of at least 4 members (excludes halogenated alkanes) is 8. The van der Waals surface area contributed by atoms with Crippen molar-refractivity contribution in [2.24, 2.45) is 0 Å². The number of aliphatic carboxylic acids is 1. The zero-order valence-electron chi connectivity index (χ0n) is 34.6. The fraction of sp³-hybridized carbons (Fsp3) is 0.574.